The molecule has 2 atom stereocenters. The van der Waals surface area contributed by atoms with Gasteiger partial charge in [0.1, 0.15) is 10.0 Å². The maximum absolute atomic E-state index is 12.5. The largest absolute Gasteiger partial charge is 0.300 e. The van der Waals surface area contributed by atoms with E-state index in [2.05, 4.69) is 37.1 Å². The van der Waals surface area contributed by atoms with E-state index < -0.39 is 0 Å². The zero-order valence-corrected chi connectivity index (χ0v) is 23.0. The molecule has 0 spiro atoms. The highest BCUT2D eigenvalue weighted by Gasteiger charge is 2.29. The van der Waals surface area contributed by atoms with E-state index in [4.69, 9.17) is 5.26 Å². The minimum Gasteiger partial charge on any atom is -0.300 e. The normalized spacial score (nSPS) is 16.8. The average molecular weight is 558 g/mol. The van der Waals surface area contributed by atoms with Gasteiger partial charge in [-0.25, -0.2) is 0 Å². The van der Waals surface area contributed by atoms with Crippen molar-refractivity contribution >= 4 is 44.8 Å². The lowest BCUT2D eigenvalue weighted by Gasteiger charge is -2.25. The number of nitrogens with zero attached hydrogens (tertiary/aromatic N) is 5. The summed E-state index contributed by atoms with van der Waals surface area (Å²) >= 11 is 2.83. The van der Waals surface area contributed by atoms with Crippen LogP contribution in [0.5, 0.6) is 0 Å². The van der Waals surface area contributed by atoms with Gasteiger partial charge in [0.15, 0.2) is 0 Å². The quantitative estimate of drug-likeness (QED) is 0.297. The molecular weight excluding hydrogens is 530 g/mol. The van der Waals surface area contributed by atoms with Gasteiger partial charge in [-0.15, -0.1) is 20.4 Å². The maximum atomic E-state index is 12.5. The number of carbonyl (C=O) groups is 2. The first-order chi connectivity index (χ1) is 18.9. The van der Waals surface area contributed by atoms with Crippen molar-refractivity contribution < 1.29 is 9.59 Å². The van der Waals surface area contributed by atoms with Crippen LogP contribution in [-0.2, 0) is 22.4 Å². The molecule has 2 amide bonds. The number of rotatable bonds is 8. The van der Waals surface area contributed by atoms with E-state index in [1.807, 2.05) is 37.3 Å². The van der Waals surface area contributed by atoms with E-state index in [1.54, 1.807) is 18.2 Å². The van der Waals surface area contributed by atoms with Crippen LogP contribution in [0.3, 0.4) is 0 Å². The Morgan fingerprint density at radius 3 is 2.00 bits per heavy atom. The summed E-state index contributed by atoms with van der Waals surface area (Å²) in [5.74, 6) is 0.159. The fourth-order valence-electron chi connectivity index (χ4n) is 4.81. The second kappa shape index (κ2) is 12.2. The van der Waals surface area contributed by atoms with Gasteiger partial charge in [0.2, 0.25) is 22.1 Å². The Balaban J connectivity index is 1.15. The highest BCUT2D eigenvalue weighted by atomic mass is 32.1. The Labute approximate surface area is 234 Å². The van der Waals surface area contributed by atoms with Crippen molar-refractivity contribution in [3.05, 3.63) is 80.8 Å². The molecule has 0 aliphatic heterocycles. The Kier molecular flexibility index (Phi) is 8.34. The number of aryl methyl sites for hydroxylation is 1. The lowest BCUT2D eigenvalue weighted by Crippen LogP contribution is -2.14. The molecule has 1 saturated carbocycles. The summed E-state index contributed by atoms with van der Waals surface area (Å²) in [6.45, 7) is 2.01. The first-order valence-electron chi connectivity index (χ1n) is 12.8. The van der Waals surface area contributed by atoms with E-state index in [0.29, 0.717) is 22.2 Å². The minimum absolute atomic E-state index is 0.106. The highest BCUT2D eigenvalue weighted by molar-refractivity contribution is 7.15. The first-order valence-corrected chi connectivity index (χ1v) is 14.4. The van der Waals surface area contributed by atoms with E-state index in [-0.39, 0.29) is 30.1 Å². The fraction of sp³-hybridized carbons (Fsp3) is 0.321. The number of benzene rings is 2. The van der Waals surface area contributed by atoms with E-state index in [1.165, 1.54) is 22.7 Å². The lowest BCUT2D eigenvalue weighted by atomic mass is 9.82. The van der Waals surface area contributed by atoms with E-state index in [9.17, 15) is 9.59 Å². The number of nitriles is 1. The molecule has 2 heterocycles. The Morgan fingerprint density at radius 2 is 1.44 bits per heavy atom. The molecule has 9 nitrogen and oxygen atoms in total. The molecule has 0 bridgehead atoms. The highest BCUT2D eigenvalue weighted by Crippen LogP contribution is 2.43. The molecule has 2 aromatic carbocycles. The molecule has 1 aliphatic carbocycles. The van der Waals surface area contributed by atoms with Gasteiger partial charge in [0, 0.05) is 11.8 Å². The van der Waals surface area contributed by atoms with Gasteiger partial charge < -0.3 is 10.6 Å². The Bertz CT molecular complexity index is 1520. The number of aromatic nitrogens is 4. The predicted octanol–water partition coefficient (Wildman–Crippen LogP) is 5.37. The van der Waals surface area contributed by atoms with Crippen LogP contribution in [0.4, 0.5) is 10.3 Å². The molecular formula is C28H27N7O2S2. The molecule has 2 unspecified atom stereocenters. The second-order valence-electron chi connectivity index (χ2n) is 9.70. The third-order valence-electron chi connectivity index (χ3n) is 6.61. The van der Waals surface area contributed by atoms with Crippen molar-refractivity contribution in [1.29, 1.82) is 5.26 Å². The van der Waals surface area contributed by atoms with Crippen LogP contribution in [0.1, 0.15) is 69.8 Å². The average Bonchev–Trinajstić information content (AvgIpc) is 3.59. The van der Waals surface area contributed by atoms with Crippen LogP contribution in [0.25, 0.3) is 0 Å². The van der Waals surface area contributed by atoms with Crippen LogP contribution in [0.2, 0.25) is 0 Å². The molecule has 5 rings (SSSR count). The fourth-order valence-corrected chi connectivity index (χ4v) is 6.62. The summed E-state index contributed by atoms with van der Waals surface area (Å²) in [7, 11) is 0. The maximum Gasteiger partial charge on any atom is 0.230 e. The van der Waals surface area contributed by atoms with Gasteiger partial charge in [0.05, 0.1) is 24.5 Å². The van der Waals surface area contributed by atoms with E-state index in [0.717, 1.165) is 52.4 Å². The molecule has 2 N–H and O–H groups in total. The predicted molar refractivity (Wildman–Crippen MR) is 151 cm³/mol. The smallest absolute Gasteiger partial charge is 0.230 e. The van der Waals surface area contributed by atoms with Crippen LogP contribution >= 0.6 is 22.7 Å². The monoisotopic (exact) mass is 557 g/mol. The standard InChI is InChI=1S/C28H27N7O2S2/c1-17-5-2-6-18(11-17)13-23(36)30-27-34-32-25(38-27)21-9-4-10-22(15-21)26-33-35-28(39-26)31-24(37)14-19-7-3-8-20(12-19)16-29/h2-3,5-8,11-12,21-22H,4,9-10,13-15H2,1H3,(H,30,34,36)(H,31,35,37). The zero-order valence-electron chi connectivity index (χ0n) is 21.4. The topological polar surface area (TPSA) is 134 Å². The Hall–Kier alpha value is -4.01. The summed E-state index contributed by atoms with van der Waals surface area (Å²) in [5, 5.41) is 34.7. The number of carbonyl (C=O) groups excluding carboxylic acids is 2. The Morgan fingerprint density at radius 1 is 0.872 bits per heavy atom. The third-order valence-corrected chi connectivity index (χ3v) is 8.62. The SMILES string of the molecule is Cc1cccc(CC(=O)Nc2nnc(C3CCCC(c4nnc(NC(=O)Cc5cccc(C#N)c5)s4)C3)s2)c1. The summed E-state index contributed by atoms with van der Waals surface area (Å²) in [5.41, 5.74) is 3.39. The number of hydrogen-bond donors (Lipinski definition) is 2. The number of amides is 2. The van der Waals surface area contributed by atoms with Crippen molar-refractivity contribution in [1.82, 2.24) is 20.4 Å². The zero-order chi connectivity index (χ0) is 27.2. The molecule has 39 heavy (non-hydrogen) atoms. The molecule has 1 aliphatic rings. The van der Waals surface area contributed by atoms with Crippen LogP contribution < -0.4 is 10.6 Å². The van der Waals surface area contributed by atoms with Crippen molar-refractivity contribution in [2.75, 3.05) is 10.6 Å². The van der Waals surface area contributed by atoms with Gasteiger partial charge in [-0.2, -0.15) is 5.26 Å². The number of hydrogen-bond acceptors (Lipinski definition) is 9. The lowest BCUT2D eigenvalue weighted by molar-refractivity contribution is -0.116. The summed E-state index contributed by atoms with van der Waals surface area (Å²) in [6, 6.07) is 17.0. The van der Waals surface area contributed by atoms with Crippen molar-refractivity contribution in [2.24, 2.45) is 0 Å². The molecule has 0 saturated heterocycles. The number of nitrogens with one attached hydrogen (secondary N) is 2. The summed E-state index contributed by atoms with van der Waals surface area (Å²) < 4.78 is 0. The van der Waals surface area contributed by atoms with Crippen LogP contribution in [-0.4, -0.2) is 32.2 Å². The third kappa shape index (κ3) is 7.10. The van der Waals surface area contributed by atoms with Gasteiger partial charge in [-0.05, 0) is 49.4 Å². The molecule has 0 radical (unpaired) electrons. The van der Waals surface area contributed by atoms with E-state index >= 15 is 0 Å². The molecule has 11 heteroatoms. The second-order valence-corrected chi connectivity index (χ2v) is 11.7. The summed E-state index contributed by atoms with van der Waals surface area (Å²) in [6.07, 6.45) is 4.36. The van der Waals surface area contributed by atoms with Crippen LogP contribution in [0, 0.1) is 18.3 Å². The number of anilines is 2. The molecule has 1 fully saturated rings. The molecule has 2 aromatic heterocycles. The van der Waals surface area contributed by atoms with Crippen molar-refractivity contribution in [3.8, 4) is 6.07 Å². The summed E-state index contributed by atoms with van der Waals surface area (Å²) in [4.78, 5) is 25.0. The van der Waals surface area contributed by atoms with Crippen LogP contribution in [0.15, 0.2) is 48.5 Å². The minimum atomic E-state index is -0.194. The van der Waals surface area contributed by atoms with Gasteiger partial charge in [-0.1, -0.05) is 71.1 Å². The molecule has 198 valence electrons. The first kappa shape index (κ1) is 26.6. The molecule has 4 aromatic rings. The van der Waals surface area contributed by atoms with Gasteiger partial charge in [0.25, 0.3) is 0 Å². The van der Waals surface area contributed by atoms with Gasteiger partial charge >= 0.3 is 0 Å². The van der Waals surface area contributed by atoms with Gasteiger partial charge in [-0.3, -0.25) is 9.59 Å². The van der Waals surface area contributed by atoms with Crippen molar-refractivity contribution in [3.63, 3.8) is 0 Å². The van der Waals surface area contributed by atoms with Crippen molar-refractivity contribution in [2.45, 2.75) is 57.3 Å².